The largest absolute Gasteiger partial charge is 0.342 e. The first-order valence-electron chi connectivity index (χ1n) is 10.1. The molecule has 3 heterocycles. The van der Waals surface area contributed by atoms with Gasteiger partial charge in [0.2, 0.25) is 5.91 Å². The molecule has 2 aliphatic rings. The fourth-order valence-electron chi connectivity index (χ4n) is 4.59. The van der Waals surface area contributed by atoms with E-state index in [4.69, 9.17) is 0 Å². The fraction of sp³-hybridized carbons (Fsp3) is 0.545. The lowest BCUT2D eigenvalue weighted by Crippen LogP contribution is -2.41. The Labute approximate surface area is 162 Å². The van der Waals surface area contributed by atoms with Gasteiger partial charge in [0.25, 0.3) is 0 Å². The molecule has 2 saturated heterocycles. The molecule has 1 spiro atoms. The number of carbonyl (C=O) groups is 1. The zero-order valence-corrected chi connectivity index (χ0v) is 16.3. The first-order chi connectivity index (χ1) is 13.1. The number of likely N-dealkylation sites (tertiary alicyclic amines) is 2. The van der Waals surface area contributed by atoms with Crippen LogP contribution in [0.3, 0.4) is 0 Å². The molecule has 0 radical (unpaired) electrons. The van der Waals surface area contributed by atoms with Crippen LogP contribution in [0.25, 0.3) is 0 Å². The minimum atomic E-state index is 0.215. The number of hydrogen-bond donors (Lipinski definition) is 0. The Balaban J connectivity index is 1.25. The number of imidazole rings is 1. The molecule has 4 rings (SSSR count). The Kier molecular flexibility index (Phi) is 5.30. The Morgan fingerprint density at radius 1 is 1.15 bits per heavy atom. The highest BCUT2D eigenvalue weighted by Gasteiger charge is 2.44. The second-order valence-corrected chi connectivity index (χ2v) is 8.35. The second kappa shape index (κ2) is 7.85. The zero-order valence-electron chi connectivity index (χ0n) is 16.3. The molecule has 0 N–H and O–H groups in total. The lowest BCUT2D eigenvalue weighted by molar-refractivity contribution is -0.127. The number of aryl methyl sites for hydroxylation is 2. The van der Waals surface area contributed by atoms with Crippen LogP contribution in [0.15, 0.2) is 42.9 Å². The maximum Gasteiger partial charge on any atom is 0.223 e. The molecule has 1 aromatic heterocycles. The maximum atomic E-state index is 12.6. The van der Waals surface area contributed by atoms with E-state index in [1.807, 2.05) is 12.5 Å². The molecule has 5 heteroatoms. The summed E-state index contributed by atoms with van der Waals surface area (Å²) in [5.41, 5.74) is 2.84. The average molecular weight is 367 g/mol. The lowest BCUT2D eigenvalue weighted by atomic mass is 9.77. The van der Waals surface area contributed by atoms with Crippen molar-refractivity contribution in [2.75, 3.05) is 26.2 Å². The highest BCUT2D eigenvalue weighted by Crippen LogP contribution is 2.41. The predicted octanol–water partition coefficient (Wildman–Crippen LogP) is 2.87. The normalized spacial score (nSPS) is 19.9. The van der Waals surface area contributed by atoms with Gasteiger partial charge in [-0.2, -0.15) is 0 Å². The van der Waals surface area contributed by atoms with Crippen LogP contribution < -0.4 is 0 Å². The third kappa shape index (κ3) is 4.24. The number of carbonyl (C=O) groups excluding carboxylic acids is 1. The number of benzene rings is 1. The van der Waals surface area contributed by atoms with E-state index in [9.17, 15) is 4.79 Å². The van der Waals surface area contributed by atoms with Crippen molar-refractivity contribution in [3.8, 4) is 0 Å². The van der Waals surface area contributed by atoms with Crippen LogP contribution in [0.4, 0.5) is 0 Å². The molecule has 2 aliphatic heterocycles. The number of nitrogens with zero attached hydrogens (tertiary/aromatic N) is 4. The first kappa shape index (κ1) is 18.2. The summed E-state index contributed by atoms with van der Waals surface area (Å²) >= 11 is 0. The van der Waals surface area contributed by atoms with Gasteiger partial charge in [0.1, 0.15) is 0 Å². The average Bonchev–Trinajstić information content (AvgIpc) is 3.21. The van der Waals surface area contributed by atoms with Gasteiger partial charge in [-0.3, -0.25) is 9.69 Å². The maximum absolute atomic E-state index is 12.6. The highest BCUT2D eigenvalue weighted by molar-refractivity contribution is 5.79. The molecule has 1 amide bonds. The van der Waals surface area contributed by atoms with Crippen LogP contribution in [-0.2, 0) is 24.8 Å². The summed E-state index contributed by atoms with van der Waals surface area (Å²) < 4.78 is 2.10. The van der Waals surface area contributed by atoms with Gasteiger partial charge < -0.3 is 9.47 Å². The number of rotatable bonds is 6. The van der Waals surface area contributed by atoms with E-state index in [1.165, 1.54) is 11.3 Å². The molecule has 5 nitrogen and oxygen atoms in total. The molecular weight excluding hydrogens is 336 g/mol. The van der Waals surface area contributed by atoms with Gasteiger partial charge in [-0.05, 0) is 49.8 Å². The molecule has 2 aromatic rings. The molecule has 0 bridgehead atoms. The summed E-state index contributed by atoms with van der Waals surface area (Å²) in [7, 11) is 2.05. The number of amides is 1. The lowest BCUT2D eigenvalue weighted by Gasteiger charge is -2.38. The standard InChI is InChI=1S/C22H30N4O/c1-24-18-23-15-20(24)16-25-12-9-22(10-13-25)14-21(27)26(17-22)11-5-8-19-6-3-2-4-7-19/h2-4,6-7,15,18H,5,8-14,16-17H2,1H3. The van der Waals surface area contributed by atoms with Crippen molar-refractivity contribution in [1.29, 1.82) is 0 Å². The highest BCUT2D eigenvalue weighted by atomic mass is 16.2. The number of aromatic nitrogens is 2. The third-order valence-electron chi connectivity index (χ3n) is 6.36. The van der Waals surface area contributed by atoms with Crippen molar-refractivity contribution >= 4 is 5.91 Å². The molecule has 0 unspecified atom stereocenters. The molecular formula is C22H30N4O. The molecule has 2 fully saturated rings. The minimum absolute atomic E-state index is 0.215. The summed E-state index contributed by atoms with van der Waals surface area (Å²) in [6.07, 6.45) is 8.94. The van der Waals surface area contributed by atoms with E-state index in [1.54, 1.807) is 0 Å². The molecule has 1 aromatic carbocycles. The van der Waals surface area contributed by atoms with Gasteiger partial charge in [-0.15, -0.1) is 0 Å². The molecule has 0 atom stereocenters. The van der Waals surface area contributed by atoms with Gasteiger partial charge in [0, 0.05) is 39.3 Å². The summed E-state index contributed by atoms with van der Waals surface area (Å²) in [5, 5.41) is 0. The van der Waals surface area contributed by atoms with Gasteiger partial charge in [-0.25, -0.2) is 4.98 Å². The van der Waals surface area contributed by atoms with Crippen molar-refractivity contribution in [1.82, 2.24) is 19.4 Å². The predicted molar refractivity (Wildman–Crippen MR) is 106 cm³/mol. The van der Waals surface area contributed by atoms with E-state index in [-0.39, 0.29) is 5.41 Å². The van der Waals surface area contributed by atoms with Crippen molar-refractivity contribution in [3.05, 3.63) is 54.1 Å². The fourth-order valence-corrected chi connectivity index (χ4v) is 4.59. The van der Waals surface area contributed by atoms with Crippen molar-refractivity contribution < 1.29 is 4.79 Å². The first-order valence-corrected chi connectivity index (χ1v) is 10.1. The van der Waals surface area contributed by atoms with Gasteiger partial charge in [0.15, 0.2) is 0 Å². The summed E-state index contributed by atoms with van der Waals surface area (Å²) in [4.78, 5) is 21.4. The smallest absolute Gasteiger partial charge is 0.223 e. The number of piperidine rings is 1. The van der Waals surface area contributed by atoms with E-state index in [2.05, 4.69) is 56.7 Å². The Hall–Kier alpha value is -2.14. The SMILES string of the molecule is Cn1cncc1CN1CCC2(CC1)CC(=O)N(CCCc1ccccc1)C2. The summed E-state index contributed by atoms with van der Waals surface area (Å²) in [6, 6.07) is 10.6. The van der Waals surface area contributed by atoms with Gasteiger partial charge in [0.05, 0.1) is 12.0 Å². The van der Waals surface area contributed by atoms with Crippen LogP contribution in [0.5, 0.6) is 0 Å². The molecule has 27 heavy (non-hydrogen) atoms. The van der Waals surface area contributed by atoms with Crippen LogP contribution in [0.1, 0.15) is 36.9 Å². The van der Waals surface area contributed by atoms with Crippen LogP contribution >= 0.6 is 0 Å². The van der Waals surface area contributed by atoms with Crippen LogP contribution in [0, 0.1) is 5.41 Å². The van der Waals surface area contributed by atoms with Crippen LogP contribution in [0.2, 0.25) is 0 Å². The van der Waals surface area contributed by atoms with E-state index in [0.717, 1.165) is 64.8 Å². The Morgan fingerprint density at radius 3 is 2.63 bits per heavy atom. The molecule has 144 valence electrons. The summed E-state index contributed by atoms with van der Waals surface area (Å²) in [6.45, 7) is 4.97. The summed E-state index contributed by atoms with van der Waals surface area (Å²) in [5.74, 6) is 0.364. The van der Waals surface area contributed by atoms with Gasteiger partial charge in [-0.1, -0.05) is 30.3 Å². The van der Waals surface area contributed by atoms with Crippen molar-refractivity contribution in [2.45, 2.75) is 38.6 Å². The van der Waals surface area contributed by atoms with E-state index < -0.39 is 0 Å². The molecule has 0 saturated carbocycles. The van der Waals surface area contributed by atoms with Crippen LogP contribution in [-0.4, -0.2) is 51.4 Å². The van der Waals surface area contributed by atoms with Gasteiger partial charge >= 0.3 is 0 Å². The van der Waals surface area contributed by atoms with E-state index >= 15 is 0 Å². The van der Waals surface area contributed by atoms with Crippen molar-refractivity contribution in [3.63, 3.8) is 0 Å². The zero-order chi connectivity index (χ0) is 18.7. The quantitative estimate of drug-likeness (QED) is 0.789. The van der Waals surface area contributed by atoms with E-state index in [0.29, 0.717) is 5.91 Å². The second-order valence-electron chi connectivity index (χ2n) is 8.35. The monoisotopic (exact) mass is 366 g/mol. The number of hydrogen-bond acceptors (Lipinski definition) is 3. The van der Waals surface area contributed by atoms with Crippen molar-refractivity contribution in [2.24, 2.45) is 12.5 Å². The topological polar surface area (TPSA) is 41.4 Å². The third-order valence-corrected chi connectivity index (χ3v) is 6.36. The Bertz CT molecular complexity index is 762. The Morgan fingerprint density at radius 2 is 1.93 bits per heavy atom. The minimum Gasteiger partial charge on any atom is -0.342 e. The molecule has 0 aliphatic carbocycles.